The summed E-state index contributed by atoms with van der Waals surface area (Å²) in [6, 6.07) is 9.30. The van der Waals surface area contributed by atoms with Crippen molar-refractivity contribution in [2.75, 3.05) is 11.1 Å². The van der Waals surface area contributed by atoms with E-state index in [1.54, 1.807) is 23.5 Å². The van der Waals surface area contributed by atoms with Gasteiger partial charge in [-0.1, -0.05) is 45.4 Å². The van der Waals surface area contributed by atoms with Crippen LogP contribution >= 0.6 is 50.6 Å². The number of nitrogens with zero attached hydrogens (tertiary/aromatic N) is 2. The number of thiophene rings is 1. The summed E-state index contributed by atoms with van der Waals surface area (Å²) in [5.41, 5.74) is 0.574. The van der Waals surface area contributed by atoms with E-state index in [1.807, 2.05) is 35.7 Å². The number of hydrogen-bond donors (Lipinski definition) is 2. The van der Waals surface area contributed by atoms with Gasteiger partial charge in [0.15, 0.2) is 0 Å². The minimum absolute atomic E-state index is 0.172. The molecule has 0 unspecified atom stereocenters. The maximum absolute atomic E-state index is 12.0. The van der Waals surface area contributed by atoms with Crippen LogP contribution in [0, 0.1) is 0 Å². The van der Waals surface area contributed by atoms with Crippen LogP contribution in [0.5, 0.6) is 0 Å². The molecule has 2 aromatic heterocycles. The average molecular weight is 456 g/mol. The number of carbonyl (C=O) groups is 1. The van der Waals surface area contributed by atoms with E-state index in [1.165, 1.54) is 11.8 Å². The molecule has 3 aromatic rings. The maximum Gasteiger partial charge on any atom is 0.234 e. The molecule has 25 heavy (non-hydrogen) atoms. The predicted octanol–water partition coefficient (Wildman–Crippen LogP) is 5.18. The van der Waals surface area contributed by atoms with E-state index in [0.717, 1.165) is 9.35 Å². The Kier molecular flexibility index (Phi) is 6.30. The molecule has 0 saturated heterocycles. The van der Waals surface area contributed by atoms with Crippen molar-refractivity contribution in [2.45, 2.75) is 5.16 Å². The molecule has 0 bridgehead atoms. The Morgan fingerprint density at radius 2 is 2.28 bits per heavy atom. The monoisotopic (exact) mass is 454 g/mol. The van der Waals surface area contributed by atoms with Gasteiger partial charge in [0.2, 0.25) is 11.1 Å². The van der Waals surface area contributed by atoms with Crippen LogP contribution in [0.25, 0.3) is 12.2 Å². The maximum atomic E-state index is 12.0. The number of halogens is 2. The normalized spacial score (nSPS) is 11.1. The molecular formula is C16H12BrClN4OS2. The van der Waals surface area contributed by atoms with E-state index in [9.17, 15) is 4.79 Å². The minimum atomic E-state index is -0.172. The van der Waals surface area contributed by atoms with Gasteiger partial charge in [-0.25, -0.2) is 4.98 Å². The molecule has 1 amide bonds. The highest BCUT2D eigenvalue weighted by Gasteiger charge is 2.09. The molecule has 0 atom stereocenters. The number of carbonyl (C=O) groups excluding carboxylic acids is 1. The third-order valence-electron chi connectivity index (χ3n) is 2.97. The largest absolute Gasteiger partial charge is 0.324 e. The first-order valence-corrected chi connectivity index (χ1v) is 10.2. The molecule has 9 heteroatoms. The molecular weight excluding hydrogens is 444 g/mol. The van der Waals surface area contributed by atoms with E-state index in [-0.39, 0.29) is 11.7 Å². The van der Waals surface area contributed by atoms with Crippen LogP contribution in [0.3, 0.4) is 0 Å². The molecule has 0 aliphatic carbocycles. The van der Waals surface area contributed by atoms with Crippen molar-refractivity contribution in [1.82, 2.24) is 15.2 Å². The van der Waals surface area contributed by atoms with Crippen molar-refractivity contribution in [3.63, 3.8) is 0 Å². The number of aromatic amines is 1. The molecule has 3 rings (SSSR count). The lowest BCUT2D eigenvalue weighted by atomic mass is 10.3. The van der Waals surface area contributed by atoms with Gasteiger partial charge >= 0.3 is 0 Å². The molecule has 1 aromatic carbocycles. The average Bonchev–Trinajstić information content (AvgIpc) is 3.25. The molecule has 0 aliphatic heterocycles. The fourth-order valence-corrected chi connectivity index (χ4v) is 3.80. The summed E-state index contributed by atoms with van der Waals surface area (Å²) in [7, 11) is 0. The molecule has 2 N–H and O–H groups in total. The van der Waals surface area contributed by atoms with Crippen LogP contribution in [0.15, 0.2) is 45.3 Å². The zero-order valence-corrected chi connectivity index (χ0v) is 16.7. The van der Waals surface area contributed by atoms with Gasteiger partial charge < -0.3 is 5.32 Å². The van der Waals surface area contributed by atoms with Crippen LogP contribution in [0.4, 0.5) is 5.69 Å². The van der Waals surface area contributed by atoms with E-state index in [0.29, 0.717) is 21.7 Å². The highest BCUT2D eigenvalue weighted by Crippen LogP contribution is 2.26. The number of aromatic nitrogens is 3. The first-order chi connectivity index (χ1) is 12.1. The summed E-state index contributed by atoms with van der Waals surface area (Å²) in [4.78, 5) is 17.5. The van der Waals surface area contributed by atoms with E-state index in [4.69, 9.17) is 11.6 Å². The van der Waals surface area contributed by atoms with Crippen LogP contribution in [0.1, 0.15) is 10.7 Å². The smallest absolute Gasteiger partial charge is 0.234 e. The Morgan fingerprint density at radius 3 is 3.04 bits per heavy atom. The fourth-order valence-electron chi connectivity index (χ4n) is 1.85. The number of rotatable bonds is 6. The molecule has 128 valence electrons. The molecule has 0 aliphatic rings. The van der Waals surface area contributed by atoms with Crippen LogP contribution in [-0.2, 0) is 4.79 Å². The second-order valence-electron chi connectivity index (χ2n) is 4.81. The molecule has 0 fully saturated rings. The Labute approximate surface area is 166 Å². The third-order valence-corrected chi connectivity index (χ3v) is 5.46. The lowest BCUT2D eigenvalue weighted by molar-refractivity contribution is -0.113. The Morgan fingerprint density at radius 1 is 1.40 bits per heavy atom. The number of amides is 1. The number of benzene rings is 1. The summed E-state index contributed by atoms with van der Waals surface area (Å²) in [6.07, 6.45) is 3.81. The highest BCUT2D eigenvalue weighted by molar-refractivity contribution is 9.10. The summed E-state index contributed by atoms with van der Waals surface area (Å²) in [6.45, 7) is 0. The SMILES string of the molecule is O=C(CSc1n[nH]c(/C=C/c2cccs2)n1)Nc1ccc(Br)cc1Cl. The number of hydrogen-bond acceptors (Lipinski definition) is 5. The first kappa shape index (κ1) is 18.2. The van der Waals surface area contributed by atoms with Crippen LogP contribution < -0.4 is 5.32 Å². The Bertz CT molecular complexity index is 895. The van der Waals surface area contributed by atoms with Gasteiger partial charge in [-0.05, 0) is 41.8 Å². The predicted molar refractivity (Wildman–Crippen MR) is 108 cm³/mol. The minimum Gasteiger partial charge on any atom is -0.324 e. The van der Waals surface area contributed by atoms with Gasteiger partial charge in [0.05, 0.1) is 16.5 Å². The first-order valence-electron chi connectivity index (χ1n) is 7.12. The van der Waals surface area contributed by atoms with Crippen LogP contribution in [-0.4, -0.2) is 26.8 Å². The number of nitrogens with one attached hydrogen (secondary N) is 2. The van der Waals surface area contributed by atoms with Crippen molar-refractivity contribution in [3.05, 3.63) is 55.9 Å². The topological polar surface area (TPSA) is 70.7 Å². The quantitative estimate of drug-likeness (QED) is 0.502. The lowest BCUT2D eigenvalue weighted by Crippen LogP contribution is -2.14. The van der Waals surface area contributed by atoms with Crippen molar-refractivity contribution < 1.29 is 4.79 Å². The van der Waals surface area contributed by atoms with Gasteiger partial charge in [0, 0.05) is 9.35 Å². The van der Waals surface area contributed by atoms with Crippen molar-refractivity contribution >= 4 is 74.4 Å². The van der Waals surface area contributed by atoms with Gasteiger partial charge in [-0.3, -0.25) is 9.89 Å². The van der Waals surface area contributed by atoms with E-state index < -0.39 is 0 Å². The van der Waals surface area contributed by atoms with Gasteiger partial charge in [-0.15, -0.1) is 16.4 Å². The Balaban J connectivity index is 1.52. The second-order valence-corrected chi connectivity index (χ2v) is 8.06. The molecule has 0 radical (unpaired) electrons. The zero-order valence-electron chi connectivity index (χ0n) is 12.7. The van der Waals surface area contributed by atoms with Gasteiger partial charge in [-0.2, -0.15) is 0 Å². The summed E-state index contributed by atoms with van der Waals surface area (Å²) < 4.78 is 0.855. The molecule has 2 heterocycles. The highest BCUT2D eigenvalue weighted by atomic mass is 79.9. The van der Waals surface area contributed by atoms with Gasteiger partial charge in [0.25, 0.3) is 0 Å². The van der Waals surface area contributed by atoms with Crippen molar-refractivity contribution in [2.24, 2.45) is 0 Å². The number of H-pyrrole nitrogens is 1. The van der Waals surface area contributed by atoms with E-state index in [2.05, 4.69) is 36.4 Å². The zero-order chi connectivity index (χ0) is 17.6. The standard InChI is InChI=1S/C16H12BrClN4OS2/c17-10-3-5-13(12(18)8-10)19-15(23)9-25-16-20-14(21-22-16)6-4-11-2-1-7-24-11/h1-8H,9H2,(H,19,23)(H,20,21,22)/b6-4+. The van der Waals surface area contributed by atoms with E-state index >= 15 is 0 Å². The van der Waals surface area contributed by atoms with Crippen molar-refractivity contribution in [1.29, 1.82) is 0 Å². The summed E-state index contributed by atoms with van der Waals surface area (Å²) >= 11 is 12.3. The van der Waals surface area contributed by atoms with Crippen molar-refractivity contribution in [3.8, 4) is 0 Å². The summed E-state index contributed by atoms with van der Waals surface area (Å²) in [5, 5.41) is 12.7. The van der Waals surface area contributed by atoms with Crippen LogP contribution in [0.2, 0.25) is 5.02 Å². The number of anilines is 1. The summed E-state index contributed by atoms with van der Waals surface area (Å²) in [5.74, 6) is 0.667. The van der Waals surface area contributed by atoms with Gasteiger partial charge in [0.1, 0.15) is 5.82 Å². The molecule has 5 nitrogen and oxygen atoms in total. The number of thioether (sulfide) groups is 1. The lowest BCUT2D eigenvalue weighted by Gasteiger charge is -2.06. The molecule has 0 saturated carbocycles. The second kappa shape index (κ2) is 8.66. The fraction of sp³-hybridized carbons (Fsp3) is 0.0625. The third kappa shape index (κ3) is 5.43. The molecule has 0 spiro atoms. The Hall–Kier alpha value is -1.61.